The Hall–Kier alpha value is -1.36. The Bertz CT molecular complexity index is 494. The van der Waals surface area contributed by atoms with Gasteiger partial charge in [-0.05, 0) is 38.8 Å². The minimum absolute atomic E-state index is 0.0579. The maximum absolute atomic E-state index is 11.9. The fourth-order valence-electron chi connectivity index (χ4n) is 2.24. The SMILES string of the molecule is Cc1cc(C(C)NC(=O)[C@@H]2C[C@@H]2C(=O)O)c(C)s1. The molecule has 1 aliphatic carbocycles. The second-order valence-corrected chi connectivity index (χ2v) is 6.35. The van der Waals surface area contributed by atoms with Crippen molar-refractivity contribution in [1.29, 1.82) is 0 Å². The highest BCUT2D eigenvalue weighted by molar-refractivity contribution is 7.12. The van der Waals surface area contributed by atoms with Gasteiger partial charge in [0, 0.05) is 9.75 Å². The van der Waals surface area contributed by atoms with Crippen molar-refractivity contribution in [2.24, 2.45) is 11.8 Å². The number of thiophene rings is 1. The van der Waals surface area contributed by atoms with Gasteiger partial charge >= 0.3 is 5.97 Å². The van der Waals surface area contributed by atoms with E-state index in [9.17, 15) is 9.59 Å². The van der Waals surface area contributed by atoms with Gasteiger partial charge in [0.2, 0.25) is 5.91 Å². The van der Waals surface area contributed by atoms with Crippen LogP contribution >= 0.6 is 11.3 Å². The lowest BCUT2D eigenvalue weighted by Gasteiger charge is -2.13. The Morgan fingerprint density at radius 3 is 2.56 bits per heavy atom. The molecule has 1 aromatic rings. The molecule has 98 valence electrons. The van der Waals surface area contributed by atoms with Crippen molar-refractivity contribution >= 4 is 23.2 Å². The van der Waals surface area contributed by atoms with Crippen LogP contribution in [0.5, 0.6) is 0 Å². The topological polar surface area (TPSA) is 66.4 Å². The molecule has 18 heavy (non-hydrogen) atoms. The Labute approximate surface area is 110 Å². The number of nitrogens with one attached hydrogen (secondary N) is 1. The number of amides is 1. The first-order valence-electron chi connectivity index (χ1n) is 6.00. The van der Waals surface area contributed by atoms with E-state index in [2.05, 4.69) is 11.4 Å². The van der Waals surface area contributed by atoms with Gasteiger partial charge in [-0.1, -0.05) is 0 Å². The Balaban J connectivity index is 1.96. The van der Waals surface area contributed by atoms with Crippen molar-refractivity contribution in [1.82, 2.24) is 5.32 Å². The van der Waals surface area contributed by atoms with Crippen molar-refractivity contribution in [3.8, 4) is 0 Å². The van der Waals surface area contributed by atoms with Crippen molar-refractivity contribution < 1.29 is 14.7 Å². The Kier molecular flexibility index (Phi) is 3.43. The standard InChI is InChI=1S/C13H17NO3S/c1-6-4-9(8(3)18-6)7(2)14-12(15)10-5-11(10)13(16)17/h4,7,10-11H,5H2,1-3H3,(H,14,15)(H,16,17)/t7?,10-,11+/m1/s1. The molecule has 0 aliphatic heterocycles. The molecular weight excluding hydrogens is 250 g/mol. The summed E-state index contributed by atoms with van der Waals surface area (Å²) in [5.41, 5.74) is 1.12. The van der Waals surface area contributed by atoms with E-state index >= 15 is 0 Å². The summed E-state index contributed by atoms with van der Waals surface area (Å²) in [6, 6.07) is 2.02. The van der Waals surface area contributed by atoms with Gasteiger partial charge in [0.05, 0.1) is 17.9 Å². The number of carboxylic acid groups (broad SMARTS) is 1. The van der Waals surface area contributed by atoms with E-state index < -0.39 is 11.9 Å². The van der Waals surface area contributed by atoms with E-state index in [1.807, 2.05) is 20.8 Å². The van der Waals surface area contributed by atoms with Crippen LogP contribution in [0.2, 0.25) is 0 Å². The van der Waals surface area contributed by atoms with Gasteiger partial charge in [0.25, 0.3) is 0 Å². The number of carbonyl (C=O) groups excluding carboxylic acids is 1. The van der Waals surface area contributed by atoms with Gasteiger partial charge in [-0.3, -0.25) is 9.59 Å². The highest BCUT2D eigenvalue weighted by Crippen LogP contribution is 2.39. The molecule has 1 saturated carbocycles. The predicted molar refractivity (Wildman–Crippen MR) is 69.6 cm³/mol. The molecule has 4 nitrogen and oxygen atoms in total. The summed E-state index contributed by atoms with van der Waals surface area (Å²) in [5.74, 6) is -1.84. The quantitative estimate of drug-likeness (QED) is 0.879. The zero-order valence-corrected chi connectivity index (χ0v) is 11.5. The molecule has 3 atom stereocenters. The average Bonchev–Trinajstić information content (AvgIpc) is 2.99. The van der Waals surface area contributed by atoms with E-state index in [1.54, 1.807) is 11.3 Å². The molecule has 1 amide bonds. The van der Waals surface area contributed by atoms with E-state index in [0.717, 1.165) is 5.56 Å². The lowest BCUT2D eigenvalue weighted by atomic mass is 10.1. The molecule has 2 N–H and O–H groups in total. The zero-order valence-electron chi connectivity index (χ0n) is 10.7. The fourth-order valence-corrected chi connectivity index (χ4v) is 3.26. The van der Waals surface area contributed by atoms with E-state index in [4.69, 9.17) is 5.11 Å². The monoisotopic (exact) mass is 267 g/mol. The van der Waals surface area contributed by atoms with Gasteiger partial charge in [-0.25, -0.2) is 0 Å². The molecule has 1 unspecified atom stereocenters. The van der Waals surface area contributed by atoms with Gasteiger partial charge in [0.15, 0.2) is 0 Å². The normalized spacial score (nSPS) is 23.5. The largest absolute Gasteiger partial charge is 0.481 e. The van der Waals surface area contributed by atoms with Gasteiger partial charge in [-0.2, -0.15) is 0 Å². The van der Waals surface area contributed by atoms with Crippen LogP contribution in [0.25, 0.3) is 0 Å². The second kappa shape index (κ2) is 4.72. The maximum Gasteiger partial charge on any atom is 0.307 e. The minimum Gasteiger partial charge on any atom is -0.481 e. The van der Waals surface area contributed by atoms with E-state index in [1.165, 1.54) is 9.75 Å². The first-order chi connectivity index (χ1) is 8.40. The molecule has 1 heterocycles. The minimum atomic E-state index is -0.870. The number of aliphatic carboxylic acids is 1. The molecule has 5 heteroatoms. The van der Waals surface area contributed by atoms with Gasteiger partial charge in [0.1, 0.15) is 0 Å². The van der Waals surface area contributed by atoms with Crippen molar-refractivity contribution in [2.75, 3.05) is 0 Å². The zero-order chi connectivity index (χ0) is 13.4. The van der Waals surface area contributed by atoms with Crippen LogP contribution in [-0.4, -0.2) is 17.0 Å². The third-order valence-electron chi connectivity index (χ3n) is 3.35. The van der Waals surface area contributed by atoms with Crippen LogP contribution in [0.4, 0.5) is 0 Å². The Morgan fingerprint density at radius 1 is 1.44 bits per heavy atom. The molecule has 0 bridgehead atoms. The molecular formula is C13H17NO3S. The summed E-state index contributed by atoms with van der Waals surface area (Å²) in [5, 5.41) is 11.7. The predicted octanol–water partition coefficient (Wildman–Crippen LogP) is 2.26. The van der Waals surface area contributed by atoms with Gasteiger partial charge in [-0.15, -0.1) is 11.3 Å². The van der Waals surface area contributed by atoms with Crippen LogP contribution < -0.4 is 5.32 Å². The van der Waals surface area contributed by atoms with E-state index in [-0.39, 0.29) is 17.9 Å². The van der Waals surface area contributed by atoms with Gasteiger partial charge < -0.3 is 10.4 Å². The third kappa shape index (κ3) is 2.56. The number of rotatable bonds is 4. The third-order valence-corrected chi connectivity index (χ3v) is 4.33. The summed E-state index contributed by atoms with van der Waals surface area (Å²) in [6.07, 6.45) is 0.468. The highest BCUT2D eigenvalue weighted by atomic mass is 32.1. The molecule has 1 aromatic heterocycles. The first kappa shape index (κ1) is 13.1. The molecule has 0 spiro atoms. The summed E-state index contributed by atoms with van der Waals surface area (Å²) in [6.45, 7) is 6.01. The van der Waals surface area contributed by atoms with Crippen LogP contribution in [-0.2, 0) is 9.59 Å². The number of hydrogen-bond acceptors (Lipinski definition) is 3. The van der Waals surface area contributed by atoms with Crippen molar-refractivity contribution in [3.05, 3.63) is 21.4 Å². The average molecular weight is 267 g/mol. The summed E-state index contributed by atoms with van der Waals surface area (Å²) in [4.78, 5) is 25.0. The molecule has 2 rings (SSSR count). The first-order valence-corrected chi connectivity index (χ1v) is 6.82. The summed E-state index contributed by atoms with van der Waals surface area (Å²) < 4.78 is 0. The van der Waals surface area contributed by atoms with Crippen LogP contribution in [0.3, 0.4) is 0 Å². The van der Waals surface area contributed by atoms with Crippen LogP contribution in [0, 0.1) is 25.7 Å². The number of hydrogen-bond donors (Lipinski definition) is 2. The summed E-state index contributed by atoms with van der Waals surface area (Å²) >= 11 is 1.71. The van der Waals surface area contributed by atoms with Crippen LogP contribution in [0.1, 0.15) is 34.7 Å². The molecule has 0 radical (unpaired) electrons. The maximum atomic E-state index is 11.9. The second-order valence-electron chi connectivity index (χ2n) is 4.89. The molecule has 0 saturated heterocycles. The number of carbonyl (C=O) groups is 2. The highest BCUT2D eigenvalue weighted by Gasteiger charge is 2.48. The van der Waals surface area contributed by atoms with E-state index in [0.29, 0.717) is 6.42 Å². The molecule has 1 fully saturated rings. The van der Waals surface area contributed by atoms with Crippen LogP contribution in [0.15, 0.2) is 6.07 Å². The number of carboxylic acids is 1. The molecule has 0 aromatic carbocycles. The lowest BCUT2D eigenvalue weighted by Crippen LogP contribution is -2.29. The lowest BCUT2D eigenvalue weighted by molar-refractivity contribution is -0.140. The van der Waals surface area contributed by atoms with Crippen molar-refractivity contribution in [3.63, 3.8) is 0 Å². The summed E-state index contributed by atoms with van der Waals surface area (Å²) in [7, 11) is 0. The smallest absolute Gasteiger partial charge is 0.307 e. The molecule has 1 aliphatic rings. The Morgan fingerprint density at radius 2 is 2.11 bits per heavy atom. The fraction of sp³-hybridized carbons (Fsp3) is 0.538. The van der Waals surface area contributed by atoms with Crippen molar-refractivity contribution in [2.45, 2.75) is 33.2 Å². The number of aryl methyl sites for hydroxylation is 2.